The monoisotopic (exact) mass is 235 g/mol. The number of benzene rings is 1. The lowest BCUT2D eigenvalue weighted by Gasteiger charge is -2.00. The standard InChI is InChI=1S/C12H17N3S/c13-7-3-8-14-9-6-12-15-10-4-1-2-5-11(10)16-12/h1-2,4-5,14H,3,6-9,13H2. The van der Waals surface area contributed by atoms with Gasteiger partial charge in [-0.05, 0) is 31.6 Å². The molecule has 2 aromatic rings. The minimum atomic E-state index is 0.758. The van der Waals surface area contributed by atoms with Gasteiger partial charge in [0, 0.05) is 13.0 Å². The van der Waals surface area contributed by atoms with E-state index < -0.39 is 0 Å². The van der Waals surface area contributed by atoms with Crippen LogP contribution in [0, 0.1) is 0 Å². The van der Waals surface area contributed by atoms with E-state index in [0.29, 0.717) is 0 Å². The summed E-state index contributed by atoms with van der Waals surface area (Å²) in [7, 11) is 0. The number of thiazole rings is 1. The molecule has 3 nitrogen and oxygen atoms in total. The van der Waals surface area contributed by atoms with Gasteiger partial charge in [-0.2, -0.15) is 0 Å². The molecule has 0 spiro atoms. The van der Waals surface area contributed by atoms with Crippen LogP contribution in [0.2, 0.25) is 0 Å². The summed E-state index contributed by atoms with van der Waals surface area (Å²) >= 11 is 1.79. The maximum Gasteiger partial charge on any atom is 0.0951 e. The summed E-state index contributed by atoms with van der Waals surface area (Å²) in [4.78, 5) is 4.58. The summed E-state index contributed by atoms with van der Waals surface area (Å²) in [6, 6.07) is 8.28. The Kier molecular flexibility index (Phi) is 4.27. The lowest BCUT2D eigenvalue weighted by atomic mass is 10.3. The molecule has 0 aliphatic heterocycles. The lowest BCUT2D eigenvalue weighted by Crippen LogP contribution is -2.20. The van der Waals surface area contributed by atoms with Crippen molar-refractivity contribution in [2.45, 2.75) is 12.8 Å². The first-order valence-electron chi connectivity index (χ1n) is 5.65. The molecule has 16 heavy (non-hydrogen) atoms. The van der Waals surface area contributed by atoms with Gasteiger partial charge in [-0.3, -0.25) is 0 Å². The van der Waals surface area contributed by atoms with E-state index in [4.69, 9.17) is 5.73 Å². The highest BCUT2D eigenvalue weighted by Gasteiger charge is 2.01. The van der Waals surface area contributed by atoms with E-state index in [-0.39, 0.29) is 0 Å². The number of hydrogen-bond acceptors (Lipinski definition) is 4. The van der Waals surface area contributed by atoms with Crippen LogP contribution in [0.1, 0.15) is 11.4 Å². The van der Waals surface area contributed by atoms with Crippen LogP contribution < -0.4 is 11.1 Å². The molecular formula is C12H17N3S. The number of fused-ring (bicyclic) bond motifs is 1. The molecule has 0 atom stereocenters. The SMILES string of the molecule is NCCCNCCc1nc2ccccc2s1. The van der Waals surface area contributed by atoms with Crippen molar-refractivity contribution in [3.05, 3.63) is 29.3 Å². The van der Waals surface area contributed by atoms with Crippen molar-refractivity contribution < 1.29 is 0 Å². The number of nitrogens with one attached hydrogen (secondary N) is 1. The third-order valence-electron chi connectivity index (χ3n) is 2.41. The number of hydrogen-bond donors (Lipinski definition) is 2. The van der Waals surface area contributed by atoms with Gasteiger partial charge in [0.05, 0.1) is 15.2 Å². The van der Waals surface area contributed by atoms with E-state index >= 15 is 0 Å². The quantitative estimate of drug-likeness (QED) is 0.750. The molecular weight excluding hydrogens is 218 g/mol. The summed E-state index contributed by atoms with van der Waals surface area (Å²) in [5, 5.41) is 4.58. The van der Waals surface area contributed by atoms with E-state index in [1.165, 1.54) is 9.71 Å². The van der Waals surface area contributed by atoms with E-state index in [9.17, 15) is 0 Å². The van der Waals surface area contributed by atoms with Crippen LogP contribution in [0.4, 0.5) is 0 Å². The second kappa shape index (κ2) is 5.94. The van der Waals surface area contributed by atoms with Crippen molar-refractivity contribution in [1.29, 1.82) is 0 Å². The van der Waals surface area contributed by atoms with Crippen molar-refractivity contribution in [2.24, 2.45) is 5.73 Å². The van der Waals surface area contributed by atoms with Crippen LogP contribution in [-0.2, 0) is 6.42 Å². The van der Waals surface area contributed by atoms with Crippen molar-refractivity contribution in [3.63, 3.8) is 0 Å². The van der Waals surface area contributed by atoms with E-state index in [1.54, 1.807) is 11.3 Å². The molecule has 0 aliphatic rings. The van der Waals surface area contributed by atoms with Crippen molar-refractivity contribution >= 4 is 21.6 Å². The summed E-state index contributed by atoms with van der Waals surface area (Å²) in [6.07, 6.45) is 2.05. The van der Waals surface area contributed by atoms with Crippen LogP contribution in [0.3, 0.4) is 0 Å². The Morgan fingerprint density at radius 2 is 2.12 bits per heavy atom. The molecule has 1 aromatic carbocycles. The van der Waals surface area contributed by atoms with Crippen LogP contribution in [0.25, 0.3) is 10.2 Å². The molecule has 0 fully saturated rings. The van der Waals surface area contributed by atoms with Gasteiger partial charge in [0.15, 0.2) is 0 Å². The Bertz CT molecular complexity index is 406. The summed E-state index contributed by atoms with van der Waals surface area (Å²) in [6.45, 7) is 2.75. The average molecular weight is 235 g/mol. The molecule has 4 heteroatoms. The van der Waals surface area contributed by atoms with Crippen molar-refractivity contribution in [3.8, 4) is 0 Å². The zero-order chi connectivity index (χ0) is 11.2. The molecule has 1 heterocycles. The van der Waals surface area contributed by atoms with Crippen molar-refractivity contribution in [2.75, 3.05) is 19.6 Å². The van der Waals surface area contributed by atoms with Gasteiger partial charge in [0.25, 0.3) is 0 Å². The topological polar surface area (TPSA) is 50.9 Å². The minimum absolute atomic E-state index is 0.758. The molecule has 2 rings (SSSR count). The Balaban J connectivity index is 1.85. The van der Waals surface area contributed by atoms with E-state index in [2.05, 4.69) is 28.5 Å². The van der Waals surface area contributed by atoms with Gasteiger partial charge in [-0.15, -0.1) is 11.3 Å². The Hall–Kier alpha value is -0.970. The molecule has 0 amide bonds. The third-order valence-corrected chi connectivity index (χ3v) is 3.51. The Morgan fingerprint density at radius 3 is 2.94 bits per heavy atom. The number of para-hydroxylation sites is 1. The summed E-state index contributed by atoms with van der Waals surface area (Å²) in [5.74, 6) is 0. The second-order valence-electron chi connectivity index (χ2n) is 3.72. The predicted molar refractivity (Wildman–Crippen MR) is 69.9 cm³/mol. The highest BCUT2D eigenvalue weighted by Crippen LogP contribution is 2.21. The molecule has 3 N–H and O–H groups in total. The largest absolute Gasteiger partial charge is 0.330 e. The summed E-state index contributed by atoms with van der Waals surface area (Å²) < 4.78 is 1.28. The first-order valence-corrected chi connectivity index (χ1v) is 6.47. The molecule has 1 aromatic heterocycles. The number of aromatic nitrogens is 1. The van der Waals surface area contributed by atoms with E-state index in [0.717, 1.165) is 38.0 Å². The first kappa shape index (κ1) is 11.5. The van der Waals surface area contributed by atoms with Crippen molar-refractivity contribution in [1.82, 2.24) is 10.3 Å². The normalized spacial score (nSPS) is 11.1. The molecule has 0 unspecified atom stereocenters. The maximum absolute atomic E-state index is 5.42. The van der Waals surface area contributed by atoms with Gasteiger partial charge >= 0.3 is 0 Å². The molecule has 0 bridgehead atoms. The molecule has 0 saturated carbocycles. The van der Waals surface area contributed by atoms with Gasteiger partial charge in [-0.1, -0.05) is 12.1 Å². The number of nitrogens with zero attached hydrogens (tertiary/aromatic N) is 1. The lowest BCUT2D eigenvalue weighted by molar-refractivity contribution is 0.652. The Labute approximate surface area is 99.7 Å². The third kappa shape index (κ3) is 3.01. The van der Waals surface area contributed by atoms with Crippen LogP contribution >= 0.6 is 11.3 Å². The highest BCUT2D eigenvalue weighted by atomic mass is 32.1. The zero-order valence-corrected chi connectivity index (χ0v) is 10.1. The van der Waals surface area contributed by atoms with Crippen LogP contribution in [0.5, 0.6) is 0 Å². The van der Waals surface area contributed by atoms with Gasteiger partial charge in [0.1, 0.15) is 0 Å². The fraction of sp³-hybridized carbons (Fsp3) is 0.417. The second-order valence-corrected chi connectivity index (χ2v) is 4.83. The van der Waals surface area contributed by atoms with Gasteiger partial charge < -0.3 is 11.1 Å². The molecule has 0 aliphatic carbocycles. The Morgan fingerprint density at radius 1 is 1.25 bits per heavy atom. The number of rotatable bonds is 6. The highest BCUT2D eigenvalue weighted by molar-refractivity contribution is 7.18. The molecule has 86 valence electrons. The fourth-order valence-electron chi connectivity index (χ4n) is 1.57. The van der Waals surface area contributed by atoms with E-state index in [1.807, 2.05) is 6.07 Å². The smallest absolute Gasteiger partial charge is 0.0951 e. The average Bonchev–Trinajstić information content (AvgIpc) is 2.71. The predicted octanol–water partition coefficient (Wildman–Crippen LogP) is 1.78. The summed E-state index contributed by atoms with van der Waals surface area (Å²) in [5.41, 5.74) is 6.54. The maximum atomic E-state index is 5.42. The fourth-order valence-corrected chi connectivity index (χ4v) is 2.54. The zero-order valence-electron chi connectivity index (χ0n) is 9.28. The number of nitrogens with two attached hydrogens (primary N) is 1. The minimum Gasteiger partial charge on any atom is -0.330 e. The first-order chi connectivity index (χ1) is 7.90. The van der Waals surface area contributed by atoms with Gasteiger partial charge in [0.2, 0.25) is 0 Å². The molecule has 0 radical (unpaired) electrons. The molecule has 0 saturated heterocycles. The van der Waals surface area contributed by atoms with Crippen LogP contribution in [0.15, 0.2) is 24.3 Å². The van der Waals surface area contributed by atoms with Gasteiger partial charge in [-0.25, -0.2) is 4.98 Å². The van der Waals surface area contributed by atoms with Crippen LogP contribution in [-0.4, -0.2) is 24.6 Å².